The molecule has 0 fully saturated rings. The fourth-order valence-corrected chi connectivity index (χ4v) is 2.04. The van der Waals surface area contributed by atoms with E-state index < -0.39 is 0 Å². The van der Waals surface area contributed by atoms with Gasteiger partial charge in [0.15, 0.2) is 0 Å². The van der Waals surface area contributed by atoms with Crippen molar-refractivity contribution in [2.45, 2.75) is 13.8 Å². The molecule has 0 spiro atoms. The zero-order chi connectivity index (χ0) is 13.7. The van der Waals surface area contributed by atoms with E-state index in [4.69, 9.17) is 5.73 Å². The van der Waals surface area contributed by atoms with Crippen molar-refractivity contribution in [1.29, 1.82) is 0 Å². The van der Waals surface area contributed by atoms with Gasteiger partial charge in [-0.15, -0.1) is 17.2 Å². The van der Waals surface area contributed by atoms with Gasteiger partial charge in [0, 0.05) is 0 Å². The molecule has 3 aromatic rings. The van der Waals surface area contributed by atoms with Gasteiger partial charge >= 0.3 is 17.1 Å². The largest absolute Gasteiger partial charge is 2.00 e. The molecule has 0 aliphatic rings. The minimum absolute atomic E-state index is 0. The van der Waals surface area contributed by atoms with Crippen LogP contribution in [-0.2, 0) is 17.1 Å². The predicted molar refractivity (Wildman–Crippen MR) is 83.4 cm³/mol. The van der Waals surface area contributed by atoms with Gasteiger partial charge in [-0.3, -0.25) is 0 Å². The number of rotatable bonds is 1. The number of hydrogen-bond acceptors (Lipinski definition) is 1. The van der Waals surface area contributed by atoms with Crippen LogP contribution in [0.4, 0.5) is 5.69 Å². The summed E-state index contributed by atoms with van der Waals surface area (Å²) in [4.78, 5) is 0. The quantitative estimate of drug-likeness (QED) is 0.513. The Morgan fingerprint density at radius 2 is 1.60 bits per heavy atom. The number of nitrogens with two attached hydrogens (primary N) is 1. The number of aryl methyl sites for hydroxylation is 2. The van der Waals surface area contributed by atoms with Gasteiger partial charge in [0.1, 0.15) is 0 Å². The van der Waals surface area contributed by atoms with Gasteiger partial charge in [-0.05, 0) is 6.92 Å². The molecule has 0 saturated carbocycles. The number of anilines is 1. The van der Waals surface area contributed by atoms with Crippen LogP contribution in [0.1, 0.15) is 11.1 Å². The van der Waals surface area contributed by atoms with Crippen LogP contribution in [0.3, 0.4) is 0 Å². The number of hydrogen-bond donors (Lipinski definition) is 1. The standard InChI is InChI=1S/C13H14N.C5H5.Fe/c1-9-3-6-11(7-4-9)13-10(2)5-8-12(13)14;1-2-4-5-3-1;/h3-8H,14H2,1-2H3;1-5H;/q2*-1;+2. The van der Waals surface area contributed by atoms with Crippen LogP contribution in [0, 0.1) is 13.8 Å². The average Bonchev–Trinajstić information content (AvgIpc) is 3.06. The van der Waals surface area contributed by atoms with Crippen molar-refractivity contribution in [3.63, 3.8) is 0 Å². The van der Waals surface area contributed by atoms with E-state index in [9.17, 15) is 0 Å². The van der Waals surface area contributed by atoms with Crippen molar-refractivity contribution in [1.82, 2.24) is 0 Å². The van der Waals surface area contributed by atoms with E-state index in [1.54, 1.807) is 0 Å². The molecule has 0 aromatic heterocycles. The Hall–Kier alpha value is -1.76. The number of benzene rings is 1. The molecule has 3 rings (SSSR count). The van der Waals surface area contributed by atoms with Gasteiger partial charge in [-0.25, -0.2) is 12.1 Å². The summed E-state index contributed by atoms with van der Waals surface area (Å²) in [6.45, 7) is 4.18. The second kappa shape index (κ2) is 7.74. The summed E-state index contributed by atoms with van der Waals surface area (Å²) in [5, 5.41) is 0. The molecule has 0 atom stereocenters. The fourth-order valence-electron chi connectivity index (χ4n) is 2.04. The molecule has 0 amide bonds. The Kier molecular flexibility index (Phi) is 6.30. The Bertz CT molecular complexity index is 567. The van der Waals surface area contributed by atoms with Gasteiger partial charge in [-0.2, -0.15) is 24.3 Å². The third kappa shape index (κ3) is 4.12. The van der Waals surface area contributed by atoms with Crippen LogP contribution < -0.4 is 5.73 Å². The van der Waals surface area contributed by atoms with E-state index in [-0.39, 0.29) is 17.1 Å². The van der Waals surface area contributed by atoms with Crippen LogP contribution in [0.5, 0.6) is 0 Å². The third-order valence-corrected chi connectivity index (χ3v) is 3.09. The molecule has 2 N–H and O–H groups in total. The molecule has 1 nitrogen and oxygen atoms in total. The Morgan fingerprint density at radius 3 is 2.00 bits per heavy atom. The molecule has 3 aromatic carbocycles. The maximum Gasteiger partial charge on any atom is 2.00 e. The molecule has 0 aliphatic heterocycles. The van der Waals surface area contributed by atoms with Gasteiger partial charge in [0.05, 0.1) is 0 Å². The van der Waals surface area contributed by atoms with Gasteiger partial charge in [-0.1, -0.05) is 48.0 Å². The van der Waals surface area contributed by atoms with Crippen LogP contribution >= 0.6 is 0 Å². The summed E-state index contributed by atoms with van der Waals surface area (Å²) in [5.74, 6) is 0. The first kappa shape index (κ1) is 16.3. The summed E-state index contributed by atoms with van der Waals surface area (Å²) in [6.07, 6.45) is 0. The summed E-state index contributed by atoms with van der Waals surface area (Å²) in [6, 6.07) is 22.5. The van der Waals surface area contributed by atoms with E-state index in [1.807, 2.05) is 36.4 Å². The molecule has 0 heterocycles. The molecule has 0 unspecified atom stereocenters. The first-order valence-corrected chi connectivity index (χ1v) is 6.44. The van der Waals surface area contributed by atoms with Crippen LogP contribution in [0.2, 0.25) is 0 Å². The van der Waals surface area contributed by atoms with Crippen molar-refractivity contribution < 1.29 is 17.1 Å². The van der Waals surface area contributed by atoms with E-state index in [2.05, 4.69) is 44.2 Å². The van der Waals surface area contributed by atoms with E-state index >= 15 is 0 Å². The molecule has 0 bridgehead atoms. The molecule has 0 radical (unpaired) electrons. The summed E-state index contributed by atoms with van der Waals surface area (Å²) >= 11 is 0. The Morgan fingerprint density at radius 1 is 1.00 bits per heavy atom. The van der Waals surface area contributed by atoms with E-state index in [0.29, 0.717) is 0 Å². The topological polar surface area (TPSA) is 26.0 Å². The zero-order valence-electron chi connectivity index (χ0n) is 11.8. The van der Waals surface area contributed by atoms with Crippen molar-refractivity contribution in [2.75, 3.05) is 5.73 Å². The second-order valence-electron chi connectivity index (χ2n) is 4.67. The van der Waals surface area contributed by atoms with E-state index in [1.165, 1.54) is 22.3 Å². The van der Waals surface area contributed by atoms with E-state index in [0.717, 1.165) is 5.69 Å². The molecule has 0 aliphatic carbocycles. The van der Waals surface area contributed by atoms with Gasteiger partial charge in [0.2, 0.25) is 0 Å². The normalized spacial score (nSPS) is 9.30. The maximum atomic E-state index is 5.91. The van der Waals surface area contributed by atoms with Crippen LogP contribution in [0.15, 0.2) is 66.7 Å². The molecule has 2 heteroatoms. The maximum absolute atomic E-state index is 5.91. The second-order valence-corrected chi connectivity index (χ2v) is 4.67. The summed E-state index contributed by atoms with van der Waals surface area (Å²) in [7, 11) is 0. The fraction of sp³-hybridized carbons (Fsp3) is 0.111. The van der Waals surface area contributed by atoms with Gasteiger partial charge in [0.25, 0.3) is 0 Å². The van der Waals surface area contributed by atoms with Crippen molar-refractivity contribution >= 4 is 5.69 Å². The minimum Gasteiger partial charge on any atom is -0.443 e. The molecule has 104 valence electrons. The Labute approximate surface area is 131 Å². The SMILES string of the molecule is Cc1ccc(-c2c(N)cc[c-]2C)cc1.[Fe+2].c1cc[cH-]c1. The molecule has 20 heavy (non-hydrogen) atoms. The average molecular weight is 305 g/mol. The number of nitrogen functional groups attached to an aromatic ring is 1. The van der Waals surface area contributed by atoms with Crippen molar-refractivity contribution in [2.24, 2.45) is 0 Å². The Balaban J connectivity index is 0.000000283. The predicted octanol–water partition coefficient (Wildman–Crippen LogP) is 4.67. The molecule has 0 saturated heterocycles. The smallest absolute Gasteiger partial charge is 0.443 e. The van der Waals surface area contributed by atoms with Crippen LogP contribution in [-0.4, -0.2) is 0 Å². The first-order chi connectivity index (χ1) is 9.18. The zero-order valence-corrected chi connectivity index (χ0v) is 12.9. The summed E-state index contributed by atoms with van der Waals surface area (Å²) in [5.41, 5.74) is 11.7. The first-order valence-electron chi connectivity index (χ1n) is 6.44. The van der Waals surface area contributed by atoms with Crippen molar-refractivity contribution in [3.05, 3.63) is 77.9 Å². The third-order valence-electron chi connectivity index (χ3n) is 3.09. The minimum atomic E-state index is 0. The summed E-state index contributed by atoms with van der Waals surface area (Å²) < 4.78 is 0. The van der Waals surface area contributed by atoms with Crippen molar-refractivity contribution in [3.8, 4) is 11.1 Å². The monoisotopic (exact) mass is 305 g/mol. The van der Waals surface area contributed by atoms with Crippen LogP contribution in [0.25, 0.3) is 11.1 Å². The molecular weight excluding hydrogens is 286 g/mol. The molecular formula is C18H19FeN. The van der Waals surface area contributed by atoms with Gasteiger partial charge < -0.3 is 5.73 Å².